The van der Waals surface area contributed by atoms with E-state index in [1.54, 1.807) is 7.11 Å². The van der Waals surface area contributed by atoms with Gasteiger partial charge in [-0.25, -0.2) is 0 Å². The first kappa shape index (κ1) is 16.0. The summed E-state index contributed by atoms with van der Waals surface area (Å²) in [4.78, 5) is 2.38. The van der Waals surface area contributed by atoms with Gasteiger partial charge in [0.25, 0.3) is 0 Å². The summed E-state index contributed by atoms with van der Waals surface area (Å²) >= 11 is 0. The third kappa shape index (κ3) is 5.21. The Kier molecular flexibility index (Phi) is 6.89. The lowest BCUT2D eigenvalue weighted by atomic mass is 10.0. The van der Waals surface area contributed by atoms with Gasteiger partial charge in [-0.2, -0.15) is 0 Å². The molecule has 3 heteroatoms. The fourth-order valence-electron chi connectivity index (χ4n) is 2.18. The molecule has 0 fully saturated rings. The maximum absolute atomic E-state index is 5.48. The number of aryl methyl sites for hydroxylation is 2. The molecule has 0 amide bonds. The molecule has 0 saturated heterocycles. The first-order valence-corrected chi connectivity index (χ1v) is 7.05. The second-order valence-electron chi connectivity index (χ2n) is 5.26. The van der Waals surface area contributed by atoms with Gasteiger partial charge in [0.1, 0.15) is 5.75 Å². The maximum Gasteiger partial charge on any atom is 0.122 e. The molecule has 19 heavy (non-hydrogen) atoms. The van der Waals surface area contributed by atoms with Crippen LogP contribution in [0.1, 0.15) is 23.1 Å². The highest BCUT2D eigenvalue weighted by atomic mass is 16.5. The van der Waals surface area contributed by atoms with Gasteiger partial charge >= 0.3 is 0 Å². The number of benzene rings is 1. The van der Waals surface area contributed by atoms with Crippen molar-refractivity contribution in [3.8, 4) is 5.75 Å². The van der Waals surface area contributed by atoms with E-state index in [2.05, 4.69) is 43.2 Å². The van der Waals surface area contributed by atoms with Crippen LogP contribution in [0.15, 0.2) is 12.1 Å². The molecule has 0 spiro atoms. The van der Waals surface area contributed by atoms with E-state index in [9.17, 15) is 0 Å². The summed E-state index contributed by atoms with van der Waals surface area (Å²) in [6.45, 7) is 7.58. The molecule has 0 aliphatic heterocycles. The molecule has 108 valence electrons. The molecule has 0 heterocycles. The largest absolute Gasteiger partial charge is 0.496 e. The summed E-state index contributed by atoms with van der Waals surface area (Å²) in [6.07, 6.45) is 2.23. The molecule has 3 nitrogen and oxygen atoms in total. The highest BCUT2D eigenvalue weighted by molar-refractivity contribution is 5.41. The zero-order chi connectivity index (χ0) is 14.3. The molecule has 0 radical (unpaired) electrons. The standard InChI is InChI=1S/C16H28N2O/c1-13-11-15(16(19-5)12-14(13)2)7-10-18(4)9-6-8-17-3/h11-12,17H,6-10H2,1-5H3. The third-order valence-corrected chi connectivity index (χ3v) is 3.63. The van der Waals surface area contributed by atoms with E-state index in [1.165, 1.54) is 23.1 Å². The van der Waals surface area contributed by atoms with Crippen molar-refractivity contribution in [2.75, 3.05) is 40.8 Å². The van der Waals surface area contributed by atoms with Crippen LogP contribution in [0.25, 0.3) is 0 Å². The second-order valence-corrected chi connectivity index (χ2v) is 5.26. The third-order valence-electron chi connectivity index (χ3n) is 3.63. The quantitative estimate of drug-likeness (QED) is 0.730. The lowest BCUT2D eigenvalue weighted by Crippen LogP contribution is -2.25. The van der Waals surface area contributed by atoms with Crippen LogP contribution in [-0.2, 0) is 6.42 Å². The van der Waals surface area contributed by atoms with Crippen LogP contribution >= 0.6 is 0 Å². The van der Waals surface area contributed by atoms with Crippen molar-refractivity contribution in [2.24, 2.45) is 0 Å². The van der Waals surface area contributed by atoms with Crippen molar-refractivity contribution in [1.82, 2.24) is 10.2 Å². The minimum Gasteiger partial charge on any atom is -0.496 e. The predicted molar refractivity (Wildman–Crippen MR) is 82.2 cm³/mol. The van der Waals surface area contributed by atoms with Crippen LogP contribution in [-0.4, -0.2) is 45.7 Å². The second kappa shape index (κ2) is 8.18. The highest BCUT2D eigenvalue weighted by Gasteiger charge is 2.07. The van der Waals surface area contributed by atoms with E-state index in [4.69, 9.17) is 4.74 Å². The van der Waals surface area contributed by atoms with Crippen molar-refractivity contribution in [3.63, 3.8) is 0 Å². The Bertz CT molecular complexity index is 391. The molecule has 1 aromatic rings. The van der Waals surface area contributed by atoms with Crippen LogP contribution in [0.2, 0.25) is 0 Å². The van der Waals surface area contributed by atoms with Gasteiger partial charge in [0.15, 0.2) is 0 Å². The van der Waals surface area contributed by atoms with E-state index >= 15 is 0 Å². The SMILES string of the molecule is CNCCCN(C)CCc1cc(C)c(C)cc1OC. The first-order chi connectivity index (χ1) is 9.08. The van der Waals surface area contributed by atoms with Gasteiger partial charge in [-0.1, -0.05) is 6.07 Å². The molecule has 1 N–H and O–H groups in total. The molecular weight excluding hydrogens is 236 g/mol. The number of nitrogens with zero attached hydrogens (tertiary/aromatic N) is 1. The van der Waals surface area contributed by atoms with Crippen molar-refractivity contribution in [3.05, 3.63) is 28.8 Å². The Morgan fingerprint density at radius 1 is 1.16 bits per heavy atom. The molecule has 0 aliphatic rings. The van der Waals surface area contributed by atoms with Crippen LogP contribution in [0.3, 0.4) is 0 Å². The fourth-order valence-corrected chi connectivity index (χ4v) is 2.18. The molecule has 0 aromatic heterocycles. The molecule has 0 atom stereocenters. The molecule has 0 unspecified atom stereocenters. The summed E-state index contributed by atoms with van der Waals surface area (Å²) in [5, 5.41) is 3.18. The molecule has 0 saturated carbocycles. The van der Waals surface area contributed by atoms with Gasteiger partial charge in [-0.3, -0.25) is 0 Å². The van der Waals surface area contributed by atoms with Crippen molar-refractivity contribution >= 4 is 0 Å². The van der Waals surface area contributed by atoms with Crippen molar-refractivity contribution in [1.29, 1.82) is 0 Å². The van der Waals surface area contributed by atoms with Crippen LogP contribution in [0.4, 0.5) is 0 Å². The average molecular weight is 264 g/mol. The summed E-state index contributed by atoms with van der Waals surface area (Å²) in [5.41, 5.74) is 3.95. The van der Waals surface area contributed by atoms with Gasteiger partial charge in [-0.05, 0) is 76.6 Å². The Hall–Kier alpha value is -1.06. The van der Waals surface area contributed by atoms with Crippen molar-refractivity contribution < 1.29 is 4.74 Å². The summed E-state index contributed by atoms with van der Waals surface area (Å²) in [5.74, 6) is 1.02. The van der Waals surface area contributed by atoms with Crippen LogP contribution in [0, 0.1) is 13.8 Å². The van der Waals surface area contributed by atoms with Crippen molar-refractivity contribution in [2.45, 2.75) is 26.7 Å². The Morgan fingerprint density at radius 3 is 2.47 bits per heavy atom. The number of methoxy groups -OCH3 is 1. The molecule has 0 bridgehead atoms. The lowest BCUT2D eigenvalue weighted by Gasteiger charge is -2.18. The summed E-state index contributed by atoms with van der Waals surface area (Å²) in [7, 11) is 5.94. The van der Waals surface area contributed by atoms with Gasteiger partial charge < -0.3 is 15.0 Å². The molecule has 1 rings (SSSR count). The number of rotatable bonds is 8. The van der Waals surface area contributed by atoms with Gasteiger partial charge in [0, 0.05) is 6.54 Å². The minimum absolute atomic E-state index is 1.02. The number of hydrogen-bond acceptors (Lipinski definition) is 3. The van der Waals surface area contributed by atoms with E-state index < -0.39 is 0 Å². The highest BCUT2D eigenvalue weighted by Crippen LogP contribution is 2.23. The normalized spacial score (nSPS) is 11.1. The van der Waals surface area contributed by atoms with Gasteiger partial charge in [-0.15, -0.1) is 0 Å². The first-order valence-electron chi connectivity index (χ1n) is 7.05. The number of hydrogen-bond donors (Lipinski definition) is 1. The average Bonchev–Trinajstić information content (AvgIpc) is 2.40. The summed E-state index contributed by atoms with van der Waals surface area (Å²) < 4.78 is 5.48. The van der Waals surface area contributed by atoms with Crippen LogP contribution in [0.5, 0.6) is 5.75 Å². The lowest BCUT2D eigenvalue weighted by molar-refractivity contribution is 0.329. The molecular formula is C16H28N2O. The predicted octanol–water partition coefficient (Wildman–Crippen LogP) is 2.40. The number of likely N-dealkylation sites (N-methyl/N-ethyl adjacent to an activating group) is 1. The monoisotopic (exact) mass is 264 g/mol. The van der Waals surface area contributed by atoms with E-state index in [0.29, 0.717) is 0 Å². The van der Waals surface area contributed by atoms with E-state index in [-0.39, 0.29) is 0 Å². The number of ether oxygens (including phenoxy) is 1. The topological polar surface area (TPSA) is 24.5 Å². The Labute approximate surface area is 118 Å². The van der Waals surface area contributed by atoms with Gasteiger partial charge in [0.2, 0.25) is 0 Å². The Morgan fingerprint density at radius 2 is 1.84 bits per heavy atom. The maximum atomic E-state index is 5.48. The zero-order valence-electron chi connectivity index (χ0n) is 13.0. The zero-order valence-corrected chi connectivity index (χ0v) is 13.0. The minimum atomic E-state index is 1.02. The molecule has 1 aromatic carbocycles. The Balaban J connectivity index is 2.54. The number of nitrogens with one attached hydrogen (secondary N) is 1. The smallest absolute Gasteiger partial charge is 0.122 e. The van der Waals surface area contributed by atoms with E-state index in [0.717, 1.165) is 31.8 Å². The summed E-state index contributed by atoms with van der Waals surface area (Å²) in [6, 6.07) is 4.40. The molecule has 0 aliphatic carbocycles. The van der Waals surface area contributed by atoms with Crippen LogP contribution < -0.4 is 10.1 Å². The van der Waals surface area contributed by atoms with Gasteiger partial charge in [0.05, 0.1) is 7.11 Å². The van der Waals surface area contributed by atoms with E-state index in [1.807, 2.05) is 7.05 Å². The fraction of sp³-hybridized carbons (Fsp3) is 0.625.